The van der Waals surface area contributed by atoms with Crippen LogP contribution in [-0.2, 0) is 0 Å². The minimum absolute atomic E-state index is 0.0717. The maximum atomic E-state index is 12.4. The Balaban J connectivity index is 1.78. The Kier molecular flexibility index (Phi) is 5.79. The zero-order valence-electron chi connectivity index (χ0n) is 15.9. The normalized spacial score (nSPS) is 11.1. The Morgan fingerprint density at radius 2 is 1.68 bits per heavy atom. The number of amides is 1. The lowest BCUT2D eigenvalue weighted by Crippen LogP contribution is -2.21. The van der Waals surface area contributed by atoms with E-state index >= 15 is 0 Å². The molecular weight excluding hydrogens is 354 g/mol. The van der Waals surface area contributed by atoms with Crippen molar-refractivity contribution in [1.82, 2.24) is 5.43 Å². The zero-order chi connectivity index (χ0) is 20.1. The molecular formula is C22H23N3O3. The molecule has 6 nitrogen and oxygen atoms in total. The number of phenolic OH excluding ortho intramolecular Hbond substituents is 2. The van der Waals surface area contributed by atoms with Gasteiger partial charge in [0, 0.05) is 24.3 Å². The summed E-state index contributed by atoms with van der Waals surface area (Å²) in [4.78, 5) is 14.5. The molecule has 0 aliphatic carbocycles. The van der Waals surface area contributed by atoms with E-state index in [4.69, 9.17) is 0 Å². The minimum atomic E-state index is -0.529. The van der Waals surface area contributed by atoms with Gasteiger partial charge in [-0.2, -0.15) is 5.10 Å². The Labute approximate surface area is 163 Å². The third kappa shape index (κ3) is 4.06. The largest absolute Gasteiger partial charge is 0.507 e. The van der Waals surface area contributed by atoms with E-state index < -0.39 is 5.91 Å². The van der Waals surface area contributed by atoms with Crippen LogP contribution in [0.2, 0.25) is 0 Å². The number of carbonyl (C=O) groups is 1. The van der Waals surface area contributed by atoms with Crippen LogP contribution in [0.25, 0.3) is 10.8 Å². The van der Waals surface area contributed by atoms with Crippen LogP contribution in [0.3, 0.4) is 0 Å². The number of carbonyl (C=O) groups excluding carboxylic acids is 1. The lowest BCUT2D eigenvalue weighted by atomic mass is 10.1. The van der Waals surface area contributed by atoms with Crippen LogP contribution in [0.5, 0.6) is 11.5 Å². The highest BCUT2D eigenvalue weighted by molar-refractivity contribution is 6.01. The third-order valence-corrected chi connectivity index (χ3v) is 4.62. The highest BCUT2D eigenvalue weighted by Crippen LogP contribution is 2.25. The lowest BCUT2D eigenvalue weighted by molar-refractivity contribution is 0.0952. The number of nitrogens with one attached hydrogen (secondary N) is 1. The fourth-order valence-corrected chi connectivity index (χ4v) is 3.06. The van der Waals surface area contributed by atoms with Crippen molar-refractivity contribution in [3.05, 3.63) is 65.7 Å². The molecule has 3 rings (SSSR count). The number of hydrogen-bond donors (Lipinski definition) is 3. The summed E-state index contributed by atoms with van der Waals surface area (Å²) in [6.07, 6.45) is 1.39. The molecule has 28 heavy (non-hydrogen) atoms. The first-order chi connectivity index (χ1) is 13.5. The van der Waals surface area contributed by atoms with E-state index in [2.05, 4.69) is 29.3 Å². The van der Waals surface area contributed by atoms with E-state index in [1.807, 2.05) is 36.4 Å². The van der Waals surface area contributed by atoms with E-state index in [9.17, 15) is 15.0 Å². The zero-order valence-corrected chi connectivity index (χ0v) is 15.9. The van der Waals surface area contributed by atoms with E-state index in [0.29, 0.717) is 5.56 Å². The Bertz CT molecular complexity index is 1030. The first-order valence-electron chi connectivity index (χ1n) is 9.16. The Morgan fingerprint density at radius 1 is 1.00 bits per heavy atom. The second-order valence-corrected chi connectivity index (χ2v) is 6.33. The quantitative estimate of drug-likeness (QED) is 0.450. The molecule has 0 aliphatic heterocycles. The molecule has 3 aromatic rings. The average Bonchev–Trinajstić information content (AvgIpc) is 2.70. The molecule has 0 radical (unpaired) electrons. The average molecular weight is 377 g/mol. The number of phenols is 2. The predicted octanol–water partition coefficient (Wildman–Crippen LogP) is 3.86. The van der Waals surface area contributed by atoms with Crippen LogP contribution in [0.1, 0.15) is 29.8 Å². The highest BCUT2D eigenvalue weighted by atomic mass is 16.3. The third-order valence-electron chi connectivity index (χ3n) is 4.62. The molecule has 0 saturated heterocycles. The van der Waals surface area contributed by atoms with Gasteiger partial charge in [-0.15, -0.1) is 0 Å². The summed E-state index contributed by atoms with van der Waals surface area (Å²) in [6, 6.07) is 15.9. The van der Waals surface area contributed by atoms with Crippen LogP contribution in [0.4, 0.5) is 5.69 Å². The molecule has 0 saturated carbocycles. The van der Waals surface area contributed by atoms with Crippen molar-refractivity contribution in [3.8, 4) is 11.5 Å². The molecule has 3 N–H and O–H groups in total. The van der Waals surface area contributed by atoms with E-state index in [-0.39, 0.29) is 17.1 Å². The maximum absolute atomic E-state index is 12.4. The SMILES string of the molecule is CCN(CC)c1ccc(O)c(C=NNC(=O)c2cc3ccccc3cc2O)c1. The van der Waals surface area contributed by atoms with E-state index in [0.717, 1.165) is 29.5 Å². The van der Waals surface area contributed by atoms with Crippen LogP contribution in [0.15, 0.2) is 59.7 Å². The molecule has 6 heteroatoms. The van der Waals surface area contributed by atoms with Gasteiger partial charge in [0.2, 0.25) is 0 Å². The van der Waals surface area contributed by atoms with Crippen molar-refractivity contribution in [3.63, 3.8) is 0 Å². The molecule has 144 valence electrons. The summed E-state index contributed by atoms with van der Waals surface area (Å²) in [5.41, 5.74) is 3.99. The van der Waals surface area contributed by atoms with Crippen LogP contribution >= 0.6 is 0 Å². The number of benzene rings is 3. The van der Waals surface area contributed by atoms with Gasteiger partial charge in [-0.25, -0.2) is 5.43 Å². The fraction of sp³-hybridized carbons (Fsp3) is 0.182. The van der Waals surface area contributed by atoms with Gasteiger partial charge in [0.05, 0.1) is 11.8 Å². The van der Waals surface area contributed by atoms with Gasteiger partial charge in [0.1, 0.15) is 11.5 Å². The number of fused-ring (bicyclic) bond motifs is 1. The number of hydrazone groups is 1. The number of nitrogens with zero attached hydrogens (tertiary/aromatic N) is 2. The van der Waals surface area contributed by atoms with E-state index in [1.165, 1.54) is 6.21 Å². The van der Waals surface area contributed by atoms with Gasteiger partial charge < -0.3 is 15.1 Å². The second kappa shape index (κ2) is 8.43. The summed E-state index contributed by atoms with van der Waals surface area (Å²) >= 11 is 0. The summed E-state index contributed by atoms with van der Waals surface area (Å²) in [7, 11) is 0. The summed E-state index contributed by atoms with van der Waals surface area (Å²) in [5, 5.41) is 25.8. The lowest BCUT2D eigenvalue weighted by Gasteiger charge is -2.21. The van der Waals surface area contributed by atoms with Gasteiger partial charge >= 0.3 is 0 Å². The second-order valence-electron chi connectivity index (χ2n) is 6.33. The van der Waals surface area contributed by atoms with Crippen molar-refractivity contribution in [2.75, 3.05) is 18.0 Å². The van der Waals surface area contributed by atoms with Gasteiger partial charge in [-0.1, -0.05) is 24.3 Å². The molecule has 0 bridgehead atoms. The van der Waals surface area contributed by atoms with Crippen molar-refractivity contribution >= 4 is 28.6 Å². The summed E-state index contributed by atoms with van der Waals surface area (Å²) in [5.74, 6) is -0.570. The standard InChI is InChI=1S/C22H23N3O3/c1-3-25(4-2)18-9-10-20(26)17(11-18)14-23-24-22(28)19-12-15-7-5-6-8-16(15)13-21(19)27/h5-14,26-27H,3-4H2,1-2H3,(H,24,28). The molecule has 0 spiro atoms. The Hall–Kier alpha value is -3.54. The smallest absolute Gasteiger partial charge is 0.275 e. The van der Waals surface area contributed by atoms with Gasteiger partial charge in [0.15, 0.2) is 0 Å². The van der Waals surface area contributed by atoms with Crippen molar-refractivity contribution in [2.24, 2.45) is 5.10 Å². The highest BCUT2D eigenvalue weighted by Gasteiger charge is 2.12. The molecule has 0 atom stereocenters. The maximum Gasteiger partial charge on any atom is 0.275 e. The monoisotopic (exact) mass is 377 g/mol. The van der Waals surface area contributed by atoms with Crippen molar-refractivity contribution in [1.29, 1.82) is 0 Å². The van der Waals surface area contributed by atoms with Crippen molar-refractivity contribution in [2.45, 2.75) is 13.8 Å². The topological polar surface area (TPSA) is 85.2 Å². The molecule has 0 aliphatic rings. The number of rotatable bonds is 6. The number of anilines is 1. The van der Waals surface area contributed by atoms with Crippen LogP contribution in [0, 0.1) is 0 Å². The van der Waals surface area contributed by atoms with Gasteiger partial charge in [-0.3, -0.25) is 4.79 Å². The molecule has 0 aromatic heterocycles. The van der Waals surface area contributed by atoms with Crippen LogP contribution in [-0.4, -0.2) is 35.4 Å². The van der Waals surface area contributed by atoms with Gasteiger partial charge in [-0.05, 0) is 55.0 Å². The summed E-state index contributed by atoms with van der Waals surface area (Å²) in [6.45, 7) is 5.80. The first kappa shape index (κ1) is 19.2. The minimum Gasteiger partial charge on any atom is -0.507 e. The molecule has 1 amide bonds. The van der Waals surface area contributed by atoms with E-state index in [1.54, 1.807) is 18.2 Å². The predicted molar refractivity (Wildman–Crippen MR) is 112 cm³/mol. The number of hydrogen-bond acceptors (Lipinski definition) is 5. The van der Waals surface area contributed by atoms with Crippen molar-refractivity contribution < 1.29 is 15.0 Å². The molecule has 0 heterocycles. The first-order valence-corrected chi connectivity index (χ1v) is 9.16. The molecule has 3 aromatic carbocycles. The van der Waals surface area contributed by atoms with Crippen LogP contribution < -0.4 is 10.3 Å². The molecule has 0 unspecified atom stereocenters. The number of aromatic hydroxyl groups is 2. The fourth-order valence-electron chi connectivity index (χ4n) is 3.06. The summed E-state index contributed by atoms with van der Waals surface area (Å²) < 4.78 is 0. The molecule has 0 fully saturated rings. The Morgan fingerprint density at radius 3 is 2.36 bits per heavy atom. The van der Waals surface area contributed by atoms with Gasteiger partial charge in [0.25, 0.3) is 5.91 Å².